The van der Waals surface area contributed by atoms with Gasteiger partial charge in [0.2, 0.25) is 0 Å². The zero-order chi connectivity index (χ0) is 16.8. The summed E-state index contributed by atoms with van der Waals surface area (Å²) in [6.07, 6.45) is 2.42. The predicted octanol–water partition coefficient (Wildman–Crippen LogP) is 7.19. The van der Waals surface area contributed by atoms with Crippen molar-refractivity contribution in [2.75, 3.05) is 0 Å². The Morgan fingerprint density at radius 2 is 1.50 bits per heavy atom. The fourth-order valence-corrected chi connectivity index (χ4v) is 5.47. The molecule has 0 radical (unpaired) electrons. The van der Waals surface area contributed by atoms with Crippen molar-refractivity contribution in [1.82, 2.24) is 0 Å². The second-order valence-electron chi connectivity index (χ2n) is 8.17. The molecule has 0 bridgehead atoms. The second-order valence-corrected chi connectivity index (χ2v) is 9.02. The molecule has 0 nitrogen and oxygen atoms in total. The van der Waals surface area contributed by atoms with Gasteiger partial charge in [0.1, 0.15) is 0 Å². The fraction of sp³-hybridized carbons (Fsp3) is 0.304. The summed E-state index contributed by atoms with van der Waals surface area (Å²) in [5.74, 6) is 0. The number of benzene rings is 4. The minimum absolute atomic E-state index is 0.235. The summed E-state index contributed by atoms with van der Waals surface area (Å²) in [6.45, 7) is 9.30. The fourth-order valence-electron chi connectivity index (χ4n) is 4.81. The standard InChI is InChI=1S/C23H21Br/c1-12-9-14-7-8-23(3,4)18-11-17-19(24)10-13(2)15-5-6-16(12)22(20(14)18)21(15)17/h5-6,9-11H,7-8H2,1-4H3. The topological polar surface area (TPSA) is 0 Å². The van der Waals surface area contributed by atoms with E-state index in [0.29, 0.717) is 0 Å². The van der Waals surface area contributed by atoms with E-state index in [2.05, 4.69) is 74.0 Å². The van der Waals surface area contributed by atoms with Gasteiger partial charge in [-0.1, -0.05) is 48.0 Å². The molecule has 0 atom stereocenters. The lowest BCUT2D eigenvalue weighted by Crippen LogP contribution is -2.23. The number of hydrogen-bond acceptors (Lipinski definition) is 0. The van der Waals surface area contributed by atoms with Crippen LogP contribution in [0.2, 0.25) is 0 Å². The highest BCUT2D eigenvalue weighted by atomic mass is 79.9. The Kier molecular flexibility index (Phi) is 2.77. The van der Waals surface area contributed by atoms with Crippen LogP contribution in [-0.2, 0) is 11.8 Å². The van der Waals surface area contributed by atoms with E-state index in [9.17, 15) is 0 Å². The monoisotopic (exact) mass is 376 g/mol. The molecule has 0 aromatic heterocycles. The predicted molar refractivity (Wildman–Crippen MR) is 109 cm³/mol. The SMILES string of the molecule is Cc1cc(Br)c2cc3c4c(cc(C)c5ccc1c2c54)CCC3(C)C. The van der Waals surface area contributed by atoms with Crippen LogP contribution in [0.1, 0.15) is 42.5 Å². The number of aryl methyl sites for hydroxylation is 3. The first kappa shape index (κ1) is 14.7. The number of hydrogen-bond donors (Lipinski definition) is 0. The van der Waals surface area contributed by atoms with Gasteiger partial charge in [0, 0.05) is 4.47 Å². The van der Waals surface area contributed by atoms with Crippen LogP contribution in [0.15, 0.2) is 34.8 Å². The molecule has 1 aliphatic carbocycles. The van der Waals surface area contributed by atoms with Gasteiger partial charge >= 0.3 is 0 Å². The van der Waals surface area contributed by atoms with Crippen molar-refractivity contribution >= 4 is 48.2 Å². The van der Waals surface area contributed by atoms with E-state index in [1.54, 1.807) is 5.56 Å². The van der Waals surface area contributed by atoms with Crippen LogP contribution in [0.5, 0.6) is 0 Å². The highest BCUT2D eigenvalue weighted by Crippen LogP contribution is 2.48. The lowest BCUT2D eigenvalue weighted by molar-refractivity contribution is 0.475. The molecule has 0 amide bonds. The summed E-state index contributed by atoms with van der Waals surface area (Å²) in [5, 5.41) is 8.65. The number of rotatable bonds is 0. The Labute approximate surface area is 151 Å². The van der Waals surface area contributed by atoms with Crippen LogP contribution < -0.4 is 0 Å². The molecule has 120 valence electrons. The van der Waals surface area contributed by atoms with Crippen LogP contribution in [-0.4, -0.2) is 0 Å². The van der Waals surface area contributed by atoms with Crippen LogP contribution in [0.25, 0.3) is 32.3 Å². The van der Waals surface area contributed by atoms with Crippen molar-refractivity contribution in [1.29, 1.82) is 0 Å². The molecule has 0 unspecified atom stereocenters. The van der Waals surface area contributed by atoms with E-state index in [0.717, 1.165) is 0 Å². The Morgan fingerprint density at radius 1 is 0.833 bits per heavy atom. The van der Waals surface area contributed by atoms with Crippen LogP contribution in [0, 0.1) is 13.8 Å². The maximum Gasteiger partial charge on any atom is 0.0257 e. The smallest absolute Gasteiger partial charge is 0.0257 e. The molecule has 0 fully saturated rings. The Balaban J connectivity index is 2.20. The molecule has 1 aliphatic rings. The normalized spacial score (nSPS) is 16.5. The summed E-state index contributed by atoms with van der Waals surface area (Å²) in [5.41, 5.74) is 6.07. The Bertz CT molecular complexity index is 1150. The van der Waals surface area contributed by atoms with Crippen molar-refractivity contribution < 1.29 is 0 Å². The van der Waals surface area contributed by atoms with Gasteiger partial charge in [-0.15, -0.1) is 0 Å². The van der Waals surface area contributed by atoms with Gasteiger partial charge in [0.25, 0.3) is 0 Å². The summed E-state index contributed by atoms with van der Waals surface area (Å²) in [7, 11) is 0. The molecular weight excluding hydrogens is 356 g/mol. The van der Waals surface area contributed by atoms with Gasteiger partial charge in [-0.25, -0.2) is 0 Å². The van der Waals surface area contributed by atoms with Gasteiger partial charge < -0.3 is 0 Å². The van der Waals surface area contributed by atoms with Crippen LogP contribution in [0.4, 0.5) is 0 Å². The maximum absolute atomic E-state index is 3.85. The zero-order valence-corrected chi connectivity index (χ0v) is 16.3. The molecule has 0 heterocycles. The molecule has 0 aliphatic heterocycles. The summed E-state index contributed by atoms with van der Waals surface area (Å²) in [6, 6.07) is 11.8. The van der Waals surface area contributed by atoms with Gasteiger partial charge in [-0.05, 0) is 98.8 Å². The minimum atomic E-state index is 0.235. The van der Waals surface area contributed by atoms with Gasteiger partial charge in [0.15, 0.2) is 0 Å². The lowest BCUT2D eigenvalue weighted by Gasteiger charge is -2.34. The van der Waals surface area contributed by atoms with Crippen molar-refractivity contribution in [2.45, 2.75) is 46.0 Å². The quantitative estimate of drug-likeness (QED) is 0.285. The third-order valence-corrected chi connectivity index (χ3v) is 6.85. The Hall–Kier alpha value is -1.60. The van der Waals surface area contributed by atoms with E-state index in [-0.39, 0.29) is 5.41 Å². The van der Waals surface area contributed by atoms with Gasteiger partial charge in [-0.3, -0.25) is 0 Å². The van der Waals surface area contributed by atoms with Gasteiger partial charge in [-0.2, -0.15) is 0 Å². The molecule has 1 heteroatoms. The van der Waals surface area contributed by atoms with Crippen molar-refractivity contribution in [3.05, 3.63) is 57.1 Å². The van der Waals surface area contributed by atoms with Crippen molar-refractivity contribution in [3.63, 3.8) is 0 Å². The number of halogens is 1. The molecule has 5 rings (SSSR count). The molecular formula is C23H21Br. The molecule has 24 heavy (non-hydrogen) atoms. The molecule has 4 aromatic rings. The van der Waals surface area contributed by atoms with E-state index < -0.39 is 0 Å². The molecule has 4 aromatic carbocycles. The highest BCUT2D eigenvalue weighted by molar-refractivity contribution is 9.10. The average molecular weight is 377 g/mol. The first-order valence-corrected chi connectivity index (χ1v) is 9.58. The molecule has 0 spiro atoms. The van der Waals surface area contributed by atoms with Crippen LogP contribution in [0.3, 0.4) is 0 Å². The second kappa shape index (κ2) is 4.52. The largest absolute Gasteiger partial charge is 0.0558 e. The average Bonchev–Trinajstić information content (AvgIpc) is 2.53. The summed E-state index contributed by atoms with van der Waals surface area (Å²) < 4.78 is 1.22. The third-order valence-electron chi connectivity index (χ3n) is 6.19. The molecule has 0 saturated heterocycles. The van der Waals surface area contributed by atoms with Gasteiger partial charge in [0.05, 0.1) is 0 Å². The van der Waals surface area contributed by atoms with E-state index in [1.165, 1.54) is 66.3 Å². The zero-order valence-electron chi connectivity index (χ0n) is 14.7. The van der Waals surface area contributed by atoms with E-state index in [1.807, 2.05) is 0 Å². The van der Waals surface area contributed by atoms with Crippen LogP contribution >= 0.6 is 15.9 Å². The maximum atomic E-state index is 3.85. The Morgan fingerprint density at radius 3 is 2.25 bits per heavy atom. The molecule has 0 saturated carbocycles. The third kappa shape index (κ3) is 1.69. The van der Waals surface area contributed by atoms with E-state index in [4.69, 9.17) is 0 Å². The summed E-state index contributed by atoms with van der Waals surface area (Å²) >= 11 is 3.85. The van der Waals surface area contributed by atoms with Crippen molar-refractivity contribution in [3.8, 4) is 0 Å². The highest BCUT2D eigenvalue weighted by Gasteiger charge is 2.31. The lowest BCUT2D eigenvalue weighted by atomic mass is 9.70. The van der Waals surface area contributed by atoms with Crippen molar-refractivity contribution in [2.24, 2.45) is 0 Å². The minimum Gasteiger partial charge on any atom is -0.0558 e. The van der Waals surface area contributed by atoms with E-state index >= 15 is 0 Å². The molecule has 0 N–H and O–H groups in total. The first-order valence-electron chi connectivity index (χ1n) is 8.79. The first-order chi connectivity index (χ1) is 11.4. The summed E-state index contributed by atoms with van der Waals surface area (Å²) in [4.78, 5) is 0.